The number of carboxylic acid groups (broad SMARTS) is 4. The van der Waals surface area contributed by atoms with Gasteiger partial charge in [-0.15, -0.1) is 0 Å². The van der Waals surface area contributed by atoms with E-state index in [1.54, 1.807) is 0 Å². The molecule has 0 aliphatic carbocycles. The molecule has 0 saturated carbocycles. The van der Waals surface area contributed by atoms with Gasteiger partial charge < -0.3 is 30.0 Å². The Kier molecular flexibility index (Phi) is 17.2. The summed E-state index contributed by atoms with van der Waals surface area (Å²) in [5, 5.41) is 34.0. The second-order valence-corrected chi connectivity index (χ2v) is 2.26. The fraction of sp³-hybridized carbons (Fsp3) is 0.333. The summed E-state index contributed by atoms with van der Waals surface area (Å²) in [6.07, 6.45) is -1.83. The van der Waals surface area contributed by atoms with Crippen molar-refractivity contribution in [3.63, 3.8) is 0 Å². The summed E-state index contributed by atoms with van der Waals surface area (Å²) in [6, 6.07) is 0. The van der Waals surface area contributed by atoms with E-state index < -0.39 is 53.3 Å². The van der Waals surface area contributed by atoms with Crippen LogP contribution in [0.2, 0.25) is 0 Å². The molecule has 0 bridgehead atoms. The third-order valence-electron chi connectivity index (χ3n) is 0.591. The molecular formula is C6H8O10V-. The van der Waals surface area contributed by atoms with E-state index in [-0.39, 0.29) is 0 Å². The van der Waals surface area contributed by atoms with Gasteiger partial charge in [-0.25, -0.2) is 0 Å². The zero-order valence-corrected chi connectivity index (χ0v) is 9.51. The topological polar surface area (TPSA) is 195 Å². The van der Waals surface area contributed by atoms with Crippen LogP contribution in [0.15, 0.2) is 0 Å². The Hall–Kier alpha value is -1.78. The first-order chi connectivity index (χ1) is 7.67. The maximum absolute atomic E-state index is 9.39. The van der Waals surface area contributed by atoms with Crippen LogP contribution in [0.5, 0.6) is 0 Å². The van der Waals surface area contributed by atoms with Crippen LogP contribution in [0.4, 0.5) is 0 Å². The number of rotatable bonds is 4. The standard InChI is InChI=1S/2C3H4O4.H2O.O.V/c2*4-2(5)1-3(6)7;;;/h2*1H2,(H,4,5)(H,6,7);1H2;;/q;;;;+1/p-2. The van der Waals surface area contributed by atoms with Gasteiger partial charge in [0.1, 0.15) is 0 Å². The molecule has 0 fully saturated rings. The van der Waals surface area contributed by atoms with Crippen molar-refractivity contribution in [1.82, 2.24) is 0 Å². The molecule has 0 heterocycles. The minimum absolute atomic E-state index is 0.917. The molecule has 0 amide bonds. The predicted molar refractivity (Wildman–Crippen MR) is 38.8 cm³/mol. The molecule has 0 atom stereocenters. The van der Waals surface area contributed by atoms with Gasteiger partial charge in [-0.1, -0.05) is 0 Å². The summed E-state index contributed by atoms with van der Waals surface area (Å²) in [7, 11) is 0. The second-order valence-electron chi connectivity index (χ2n) is 1.98. The van der Waals surface area contributed by atoms with Crippen LogP contribution >= 0.6 is 0 Å². The molecule has 0 saturated heterocycles. The Bertz CT molecular complexity index is 235. The molecule has 0 aromatic carbocycles. The van der Waals surface area contributed by atoms with Gasteiger partial charge in [-0.05, 0) is 0 Å². The van der Waals surface area contributed by atoms with Crippen LogP contribution in [-0.4, -0.2) is 38.1 Å². The summed E-state index contributed by atoms with van der Waals surface area (Å²) in [5.41, 5.74) is 0. The third-order valence-corrected chi connectivity index (χ3v) is 0.591. The molecule has 0 aliphatic rings. The molecule has 98 valence electrons. The maximum atomic E-state index is 9.39. The summed E-state index contributed by atoms with van der Waals surface area (Å²) < 4.78 is 14.4. The fourth-order valence-electron chi connectivity index (χ4n) is 0.247. The molecule has 4 N–H and O–H groups in total. The molecule has 0 rings (SSSR count). The van der Waals surface area contributed by atoms with Crippen LogP contribution in [0.25, 0.3) is 0 Å². The first-order valence-corrected chi connectivity index (χ1v) is 4.76. The van der Waals surface area contributed by atoms with Crippen LogP contribution in [0, 0.1) is 0 Å². The molecule has 17 heavy (non-hydrogen) atoms. The van der Waals surface area contributed by atoms with Gasteiger partial charge in [0.15, 0.2) is 0 Å². The summed E-state index contributed by atoms with van der Waals surface area (Å²) >= 11 is -1.31. The minimum atomic E-state index is -1.56. The predicted octanol–water partition coefficient (Wildman–Crippen LogP) is -4.52. The first-order valence-electron chi connectivity index (χ1n) is 3.49. The van der Waals surface area contributed by atoms with Gasteiger partial charge in [-0.3, -0.25) is 9.59 Å². The Morgan fingerprint density at radius 3 is 1.12 bits per heavy atom. The molecule has 0 spiro atoms. The van der Waals surface area contributed by atoms with E-state index in [4.69, 9.17) is 17.9 Å². The number of hydrogen-bond donors (Lipinski definition) is 2. The van der Waals surface area contributed by atoms with Gasteiger partial charge in [0.2, 0.25) is 0 Å². The second kappa shape index (κ2) is 14.2. The number of carbonyl (C=O) groups excluding carboxylic acids is 2. The zero-order chi connectivity index (χ0) is 14.4. The van der Waals surface area contributed by atoms with E-state index in [0.717, 1.165) is 0 Å². The van der Waals surface area contributed by atoms with Crippen LogP contribution in [0.1, 0.15) is 12.8 Å². The fourth-order valence-corrected chi connectivity index (χ4v) is 0.247. The molecular weight excluding hydrogens is 283 g/mol. The Labute approximate surface area is 101 Å². The van der Waals surface area contributed by atoms with Crippen molar-refractivity contribution < 1.29 is 63.9 Å². The van der Waals surface area contributed by atoms with E-state index in [2.05, 4.69) is 0 Å². The summed E-state index contributed by atoms with van der Waals surface area (Å²) in [4.78, 5) is 37.4. The van der Waals surface area contributed by atoms with E-state index >= 15 is 0 Å². The number of aliphatic carboxylic acids is 4. The van der Waals surface area contributed by atoms with Crippen LogP contribution < -0.4 is 10.2 Å². The quantitative estimate of drug-likeness (QED) is 0.378. The molecule has 0 radical (unpaired) electrons. The van der Waals surface area contributed by atoms with Crippen LogP contribution in [0.3, 0.4) is 0 Å². The van der Waals surface area contributed by atoms with Crippen molar-refractivity contribution in [3.05, 3.63) is 0 Å². The van der Waals surface area contributed by atoms with Crippen LogP contribution in [-0.2, 0) is 39.4 Å². The van der Waals surface area contributed by atoms with Gasteiger partial charge in [-0.2, -0.15) is 0 Å². The monoisotopic (exact) mass is 291 g/mol. The Balaban J connectivity index is -0.000000188. The van der Waals surface area contributed by atoms with Crippen molar-refractivity contribution in [2.24, 2.45) is 0 Å². The molecule has 0 aromatic rings. The number of carboxylic acids is 4. The molecule has 11 heteroatoms. The molecule has 10 nitrogen and oxygen atoms in total. The van der Waals surface area contributed by atoms with E-state index in [1.807, 2.05) is 0 Å². The SMILES string of the molecule is O=C([O-])CC(=O)O.O=C([O-])CC(=O)O.[O]=[V][OH2+]. The first kappa shape index (κ1) is 20.6. The van der Waals surface area contributed by atoms with Gasteiger partial charge in [0, 0.05) is 0 Å². The number of carbonyl (C=O) groups is 4. The third kappa shape index (κ3) is 54.9. The average Bonchev–Trinajstić information content (AvgIpc) is 1.99. The molecule has 0 aromatic heterocycles. The van der Waals surface area contributed by atoms with E-state index in [0.29, 0.717) is 0 Å². The summed E-state index contributed by atoms with van der Waals surface area (Å²) in [5.74, 6) is -5.88. The van der Waals surface area contributed by atoms with Crippen molar-refractivity contribution in [1.29, 1.82) is 0 Å². The Morgan fingerprint density at radius 2 is 1.12 bits per heavy atom. The van der Waals surface area contributed by atoms with E-state index in [1.165, 1.54) is 0 Å². The normalized spacial score (nSPS) is 7.35. The average molecular weight is 291 g/mol. The van der Waals surface area contributed by atoms with E-state index in [9.17, 15) is 29.4 Å². The Morgan fingerprint density at radius 1 is 0.941 bits per heavy atom. The van der Waals surface area contributed by atoms with Gasteiger partial charge >= 0.3 is 36.2 Å². The molecule has 0 unspecified atom stereocenters. The van der Waals surface area contributed by atoms with Gasteiger partial charge in [0.25, 0.3) is 0 Å². The summed E-state index contributed by atoms with van der Waals surface area (Å²) in [6.45, 7) is 0. The van der Waals surface area contributed by atoms with Gasteiger partial charge in [0.05, 0.1) is 24.8 Å². The number of hydrogen-bond acceptors (Lipinski definition) is 7. The van der Waals surface area contributed by atoms with Crippen molar-refractivity contribution in [2.75, 3.05) is 0 Å². The molecule has 0 aliphatic heterocycles. The van der Waals surface area contributed by atoms with Crippen molar-refractivity contribution in [2.45, 2.75) is 12.8 Å². The van der Waals surface area contributed by atoms with Crippen molar-refractivity contribution >= 4 is 23.9 Å². The zero-order valence-electron chi connectivity index (χ0n) is 8.11. The van der Waals surface area contributed by atoms with Crippen molar-refractivity contribution in [3.8, 4) is 0 Å².